The summed E-state index contributed by atoms with van der Waals surface area (Å²) in [4.78, 5) is 13.7. The minimum Gasteiger partial charge on any atom is -0.469 e. The fourth-order valence-electron chi connectivity index (χ4n) is 4.16. The van der Waals surface area contributed by atoms with Gasteiger partial charge in [0, 0.05) is 50.8 Å². The second-order valence-electron chi connectivity index (χ2n) is 8.08. The van der Waals surface area contributed by atoms with Crippen molar-refractivity contribution < 1.29 is 18.6 Å². The van der Waals surface area contributed by atoms with Gasteiger partial charge in [0.25, 0.3) is 0 Å². The van der Waals surface area contributed by atoms with Gasteiger partial charge in [-0.05, 0) is 18.9 Å². The van der Waals surface area contributed by atoms with E-state index in [1.807, 2.05) is 12.1 Å². The molecule has 5 rings (SSSR count). The Kier molecular flexibility index (Phi) is 6.80. The molecule has 2 aromatic rings. The summed E-state index contributed by atoms with van der Waals surface area (Å²) < 4.78 is 22.4. The van der Waals surface area contributed by atoms with E-state index in [2.05, 4.69) is 30.3 Å². The molecule has 0 atom stereocenters. The van der Waals surface area contributed by atoms with E-state index >= 15 is 0 Å². The van der Waals surface area contributed by atoms with Crippen molar-refractivity contribution in [2.45, 2.75) is 19.3 Å². The van der Waals surface area contributed by atoms with Gasteiger partial charge in [0.2, 0.25) is 0 Å². The zero-order valence-electron chi connectivity index (χ0n) is 18.3. The van der Waals surface area contributed by atoms with Crippen molar-refractivity contribution in [3.63, 3.8) is 0 Å². The Bertz CT molecular complexity index is 921. The summed E-state index contributed by atoms with van der Waals surface area (Å²) in [6, 6.07) is 4.26. The Morgan fingerprint density at radius 1 is 1.03 bits per heavy atom. The first-order chi connectivity index (χ1) is 15.8. The highest BCUT2D eigenvalue weighted by Gasteiger charge is 2.19. The van der Waals surface area contributed by atoms with Crippen molar-refractivity contribution in [2.75, 3.05) is 76.1 Å². The molecule has 0 unspecified atom stereocenters. The monoisotopic (exact) mass is 442 g/mol. The van der Waals surface area contributed by atoms with Gasteiger partial charge in [0.05, 0.1) is 38.4 Å². The SMILES string of the molecule is c1cc2c(o1)CCCC2=NNc1cc(N2CCOCC2)nc(OCCN2CCOCC2)n1. The predicted molar refractivity (Wildman–Crippen MR) is 120 cm³/mol. The summed E-state index contributed by atoms with van der Waals surface area (Å²) >= 11 is 0. The van der Waals surface area contributed by atoms with E-state index in [0.29, 0.717) is 31.6 Å². The van der Waals surface area contributed by atoms with Crippen molar-refractivity contribution in [2.24, 2.45) is 5.10 Å². The van der Waals surface area contributed by atoms with Crippen molar-refractivity contribution >= 4 is 17.3 Å². The molecule has 2 fully saturated rings. The number of hydrogen-bond acceptors (Lipinski definition) is 10. The van der Waals surface area contributed by atoms with Crippen LogP contribution in [0.3, 0.4) is 0 Å². The molecule has 0 amide bonds. The fourth-order valence-corrected chi connectivity index (χ4v) is 4.16. The molecule has 10 nitrogen and oxygen atoms in total. The Hall–Kier alpha value is -2.69. The number of rotatable bonds is 7. The van der Waals surface area contributed by atoms with Gasteiger partial charge in [-0.3, -0.25) is 10.3 Å². The predicted octanol–water partition coefficient (Wildman–Crippen LogP) is 1.77. The van der Waals surface area contributed by atoms with Crippen molar-refractivity contribution in [3.05, 3.63) is 29.7 Å². The summed E-state index contributed by atoms with van der Waals surface area (Å²) in [5, 5.41) is 4.64. The first-order valence-corrected chi connectivity index (χ1v) is 11.4. The summed E-state index contributed by atoms with van der Waals surface area (Å²) in [5.74, 6) is 2.44. The van der Waals surface area contributed by atoms with Crippen molar-refractivity contribution in [1.29, 1.82) is 0 Å². The van der Waals surface area contributed by atoms with E-state index in [-0.39, 0.29) is 0 Å². The molecular weight excluding hydrogens is 412 g/mol. The molecule has 0 aromatic carbocycles. The van der Waals surface area contributed by atoms with Crippen LogP contribution in [0.5, 0.6) is 6.01 Å². The molecular formula is C22H30N6O4. The van der Waals surface area contributed by atoms with Gasteiger partial charge in [-0.25, -0.2) is 0 Å². The summed E-state index contributed by atoms with van der Waals surface area (Å²) in [5.41, 5.74) is 5.20. The van der Waals surface area contributed by atoms with Crippen molar-refractivity contribution in [3.8, 4) is 6.01 Å². The number of aryl methyl sites for hydroxylation is 1. The molecule has 4 heterocycles. The number of nitrogens with zero attached hydrogens (tertiary/aromatic N) is 5. The van der Waals surface area contributed by atoms with Gasteiger partial charge in [-0.15, -0.1) is 0 Å². The molecule has 3 aliphatic rings. The van der Waals surface area contributed by atoms with E-state index < -0.39 is 0 Å². The van der Waals surface area contributed by atoms with E-state index in [1.165, 1.54) is 0 Å². The third-order valence-electron chi connectivity index (χ3n) is 5.95. The molecule has 0 saturated carbocycles. The molecule has 2 aliphatic heterocycles. The average molecular weight is 443 g/mol. The molecule has 1 N–H and O–H groups in total. The van der Waals surface area contributed by atoms with Gasteiger partial charge in [0.15, 0.2) is 5.82 Å². The van der Waals surface area contributed by atoms with Crippen LogP contribution >= 0.6 is 0 Å². The van der Waals surface area contributed by atoms with Crippen LogP contribution in [-0.4, -0.2) is 86.3 Å². The van der Waals surface area contributed by atoms with E-state index in [0.717, 1.165) is 88.1 Å². The summed E-state index contributed by atoms with van der Waals surface area (Å²) in [6.07, 6.45) is 4.62. The zero-order chi connectivity index (χ0) is 21.6. The van der Waals surface area contributed by atoms with E-state index in [1.54, 1.807) is 6.26 Å². The summed E-state index contributed by atoms with van der Waals surface area (Å²) in [6.45, 7) is 7.70. The fraction of sp³-hybridized carbons (Fsp3) is 0.591. The second kappa shape index (κ2) is 10.3. The molecule has 2 aromatic heterocycles. The standard InChI is InChI=1S/C22H30N6O4/c1-2-18(17-4-10-31-19(17)3-1)25-26-20-16-21(28-8-13-30-14-9-28)24-22(23-20)32-15-7-27-5-11-29-12-6-27/h4,10,16H,1-3,5-9,11-15H2,(H,23,24,26). The highest BCUT2D eigenvalue weighted by molar-refractivity contribution is 6.02. The molecule has 10 heteroatoms. The Morgan fingerprint density at radius 2 is 1.84 bits per heavy atom. The number of aromatic nitrogens is 2. The number of hydrazone groups is 1. The number of morpholine rings is 2. The summed E-state index contributed by atoms with van der Waals surface area (Å²) in [7, 11) is 0. The minimum atomic E-state index is 0.359. The number of ether oxygens (including phenoxy) is 3. The quantitative estimate of drug-likeness (QED) is 0.643. The first-order valence-electron chi connectivity index (χ1n) is 11.4. The maximum absolute atomic E-state index is 5.95. The number of fused-ring (bicyclic) bond motifs is 1. The first kappa shape index (κ1) is 21.2. The lowest BCUT2D eigenvalue weighted by Gasteiger charge is -2.28. The van der Waals surface area contributed by atoms with Crippen LogP contribution in [0.2, 0.25) is 0 Å². The molecule has 0 radical (unpaired) electrons. The Labute approximate surface area is 187 Å². The number of anilines is 2. The van der Waals surface area contributed by atoms with Crippen LogP contribution in [-0.2, 0) is 15.9 Å². The van der Waals surface area contributed by atoms with Crippen LogP contribution in [0.15, 0.2) is 27.9 Å². The smallest absolute Gasteiger partial charge is 0.320 e. The number of nitrogens with one attached hydrogen (secondary N) is 1. The van der Waals surface area contributed by atoms with E-state index in [9.17, 15) is 0 Å². The van der Waals surface area contributed by atoms with E-state index in [4.69, 9.17) is 18.6 Å². The van der Waals surface area contributed by atoms with Gasteiger partial charge >= 0.3 is 6.01 Å². The third kappa shape index (κ3) is 5.20. The van der Waals surface area contributed by atoms with Crippen LogP contribution < -0.4 is 15.1 Å². The third-order valence-corrected chi connectivity index (χ3v) is 5.95. The normalized spacial score (nSPS) is 20.9. The maximum atomic E-state index is 5.95. The number of hydrogen-bond donors (Lipinski definition) is 1. The Morgan fingerprint density at radius 3 is 2.69 bits per heavy atom. The van der Waals surface area contributed by atoms with Crippen LogP contribution in [0, 0.1) is 0 Å². The van der Waals surface area contributed by atoms with Crippen LogP contribution in [0.4, 0.5) is 11.6 Å². The molecule has 1 aliphatic carbocycles. The van der Waals surface area contributed by atoms with Crippen molar-refractivity contribution in [1.82, 2.24) is 14.9 Å². The van der Waals surface area contributed by atoms with Gasteiger partial charge in [-0.2, -0.15) is 15.1 Å². The molecule has 0 spiro atoms. The molecule has 172 valence electrons. The zero-order valence-corrected chi connectivity index (χ0v) is 18.3. The average Bonchev–Trinajstić information content (AvgIpc) is 3.34. The molecule has 0 bridgehead atoms. The maximum Gasteiger partial charge on any atom is 0.320 e. The lowest BCUT2D eigenvalue weighted by molar-refractivity contribution is 0.0317. The largest absolute Gasteiger partial charge is 0.469 e. The molecule has 32 heavy (non-hydrogen) atoms. The number of furan rings is 1. The lowest BCUT2D eigenvalue weighted by atomic mass is 9.97. The highest BCUT2D eigenvalue weighted by atomic mass is 16.5. The van der Waals surface area contributed by atoms with Crippen LogP contribution in [0.25, 0.3) is 0 Å². The topological polar surface area (TPSA) is 97.5 Å². The second-order valence-corrected chi connectivity index (χ2v) is 8.08. The van der Waals surface area contributed by atoms with Gasteiger partial charge < -0.3 is 23.5 Å². The van der Waals surface area contributed by atoms with Gasteiger partial charge in [0.1, 0.15) is 18.2 Å². The highest BCUT2D eigenvalue weighted by Crippen LogP contribution is 2.24. The Balaban J connectivity index is 1.30. The lowest BCUT2D eigenvalue weighted by Crippen LogP contribution is -2.39. The van der Waals surface area contributed by atoms with Crippen LogP contribution in [0.1, 0.15) is 24.2 Å². The minimum absolute atomic E-state index is 0.359. The van der Waals surface area contributed by atoms with Gasteiger partial charge in [-0.1, -0.05) is 0 Å². The molecule has 2 saturated heterocycles.